The summed E-state index contributed by atoms with van der Waals surface area (Å²) in [5.74, 6) is 0. The second-order valence-electron chi connectivity index (χ2n) is 5.78. The van der Waals surface area contributed by atoms with Gasteiger partial charge in [-0.15, -0.1) is 0 Å². The van der Waals surface area contributed by atoms with Crippen LogP contribution in [0.5, 0.6) is 0 Å². The number of rotatable bonds is 13. The molecule has 148 valence electrons. The van der Waals surface area contributed by atoms with Crippen molar-refractivity contribution < 1.29 is 23.7 Å². The molecular formula is C19H32N2O5. The summed E-state index contributed by atoms with van der Waals surface area (Å²) in [7, 11) is 1.65. The molecule has 7 nitrogen and oxygen atoms in total. The van der Waals surface area contributed by atoms with Crippen LogP contribution in [0, 0.1) is 0 Å². The Kier molecular flexibility index (Phi) is 12.5. The van der Waals surface area contributed by atoms with Gasteiger partial charge in [-0.3, -0.25) is 4.90 Å². The van der Waals surface area contributed by atoms with Crippen molar-refractivity contribution in [3.63, 3.8) is 0 Å². The van der Waals surface area contributed by atoms with Crippen LogP contribution in [0.2, 0.25) is 0 Å². The van der Waals surface area contributed by atoms with Crippen molar-refractivity contribution in [1.82, 2.24) is 9.80 Å². The van der Waals surface area contributed by atoms with Crippen LogP contribution in [0.15, 0.2) is 37.0 Å². The maximum atomic E-state index is 12.1. The van der Waals surface area contributed by atoms with Gasteiger partial charge < -0.3 is 23.8 Å². The monoisotopic (exact) mass is 368 g/mol. The van der Waals surface area contributed by atoms with Gasteiger partial charge in [0.15, 0.2) is 0 Å². The molecule has 0 aromatic rings. The number of carbonyl (C=O) groups excluding carboxylic acids is 1. The molecule has 1 aliphatic heterocycles. The van der Waals surface area contributed by atoms with Crippen molar-refractivity contribution in [2.24, 2.45) is 0 Å². The van der Waals surface area contributed by atoms with E-state index in [1.807, 2.05) is 0 Å². The third-order valence-corrected chi connectivity index (χ3v) is 3.94. The summed E-state index contributed by atoms with van der Waals surface area (Å²) in [6.45, 7) is 14.4. The molecule has 0 aromatic carbocycles. The number of hydrogen-bond acceptors (Lipinski definition) is 6. The van der Waals surface area contributed by atoms with E-state index in [1.54, 1.807) is 30.2 Å². The first-order chi connectivity index (χ1) is 12.7. The van der Waals surface area contributed by atoms with Crippen molar-refractivity contribution >= 4 is 6.09 Å². The fourth-order valence-corrected chi connectivity index (χ4v) is 2.37. The van der Waals surface area contributed by atoms with Gasteiger partial charge in [0.05, 0.1) is 33.0 Å². The van der Waals surface area contributed by atoms with Crippen molar-refractivity contribution in [2.45, 2.75) is 0 Å². The van der Waals surface area contributed by atoms with Crippen molar-refractivity contribution in [2.75, 3.05) is 79.5 Å². The fourth-order valence-electron chi connectivity index (χ4n) is 2.37. The van der Waals surface area contributed by atoms with E-state index in [9.17, 15) is 4.79 Å². The summed E-state index contributed by atoms with van der Waals surface area (Å²) >= 11 is 0. The molecule has 0 saturated carbocycles. The average molecular weight is 368 g/mol. The van der Waals surface area contributed by atoms with E-state index in [-0.39, 0.29) is 12.7 Å². The molecule has 7 heteroatoms. The third-order valence-electron chi connectivity index (χ3n) is 3.94. The van der Waals surface area contributed by atoms with Gasteiger partial charge in [-0.2, -0.15) is 0 Å². The van der Waals surface area contributed by atoms with Gasteiger partial charge >= 0.3 is 6.09 Å². The van der Waals surface area contributed by atoms with E-state index >= 15 is 0 Å². The highest BCUT2D eigenvalue weighted by Crippen LogP contribution is 2.06. The Bertz CT molecular complexity index is 445. The van der Waals surface area contributed by atoms with Gasteiger partial charge in [-0.25, -0.2) is 4.79 Å². The lowest BCUT2D eigenvalue weighted by Crippen LogP contribution is -2.49. The first kappa shape index (κ1) is 22.4. The normalized spacial score (nSPS) is 15.7. The minimum absolute atomic E-state index is 0.217. The molecule has 0 aliphatic carbocycles. The van der Waals surface area contributed by atoms with Crippen LogP contribution in [-0.4, -0.2) is 95.4 Å². The van der Waals surface area contributed by atoms with Crippen LogP contribution in [0.3, 0.4) is 0 Å². The molecule has 1 rings (SSSR count). The van der Waals surface area contributed by atoms with Gasteiger partial charge in [-0.05, 0) is 5.57 Å². The van der Waals surface area contributed by atoms with Gasteiger partial charge in [0, 0.05) is 39.8 Å². The number of carbonyl (C=O) groups is 1. The summed E-state index contributed by atoms with van der Waals surface area (Å²) in [5, 5.41) is 0. The zero-order valence-electron chi connectivity index (χ0n) is 15.9. The number of amides is 1. The number of hydrogen-bond donors (Lipinski definition) is 0. The zero-order valence-corrected chi connectivity index (χ0v) is 15.9. The molecule has 1 amide bonds. The van der Waals surface area contributed by atoms with Gasteiger partial charge in [0.1, 0.15) is 6.61 Å². The Labute approximate surface area is 156 Å². The van der Waals surface area contributed by atoms with Gasteiger partial charge in [0.25, 0.3) is 0 Å². The summed E-state index contributed by atoms with van der Waals surface area (Å²) in [5.41, 5.74) is 0.829. The topological polar surface area (TPSA) is 60.5 Å². The lowest BCUT2D eigenvalue weighted by atomic mass is 10.2. The third kappa shape index (κ3) is 9.72. The van der Waals surface area contributed by atoms with E-state index in [1.165, 1.54) is 0 Å². The molecule has 0 aromatic heterocycles. The van der Waals surface area contributed by atoms with E-state index in [2.05, 4.69) is 18.1 Å². The fraction of sp³-hybridized carbons (Fsp3) is 0.632. The number of methoxy groups -OCH3 is 1. The van der Waals surface area contributed by atoms with Crippen LogP contribution in [0.25, 0.3) is 0 Å². The average Bonchev–Trinajstić information content (AvgIpc) is 2.67. The Balaban J connectivity index is 2.08. The largest absolute Gasteiger partial charge is 0.445 e. The molecule has 0 N–H and O–H groups in total. The highest BCUT2D eigenvalue weighted by molar-refractivity contribution is 5.68. The minimum Gasteiger partial charge on any atom is -0.445 e. The number of ether oxygens (including phenoxy) is 4. The van der Waals surface area contributed by atoms with Gasteiger partial charge in [-0.1, -0.05) is 31.4 Å². The first-order valence-electron chi connectivity index (χ1n) is 8.93. The van der Waals surface area contributed by atoms with E-state index < -0.39 is 0 Å². The van der Waals surface area contributed by atoms with Gasteiger partial charge in [0.2, 0.25) is 0 Å². The molecule has 0 radical (unpaired) electrons. The second kappa shape index (κ2) is 14.5. The summed E-state index contributed by atoms with van der Waals surface area (Å²) in [6, 6.07) is 0. The molecule has 0 spiro atoms. The van der Waals surface area contributed by atoms with Crippen molar-refractivity contribution in [3.05, 3.63) is 37.0 Å². The predicted octanol–water partition coefficient (Wildman–Crippen LogP) is 1.72. The van der Waals surface area contributed by atoms with Crippen LogP contribution in [0.4, 0.5) is 4.79 Å². The molecular weight excluding hydrogens is 336 g/mol. The molecule has 1 saturated heterocycles. The Morgan fingerprint density at radius 2 is 1.65 bits per heavy atom. The Hall–Kier alpha value is -1.67. The highest BCUT2D eigenvalue weighted by Gasteiger charge is 2.21. The number of allylic oxidation sites excluding steroid dienone is 2. The van der Waals surface area contributed by atoms with E-state index in [0.717, 1.165) is 25.2 Å². The SMILES string of the molecule is C=C/C=C(\C=C)COC(=O)N1CCN(CCOCCOCCOC)CC1. The lowest BCUT2D eigenvalue weighted by molar-refractivity contribution is 0.0155. The molecule has 1 heterocycles. The zero-order chi connectivity index (χ0) is 19.0. The smallest absolute Gasteiger partial charge is 0.410 e. The maximum Gasteiger partial charge on any atom is 0.410 e. The summed E-state index contributed by atoms with van der Waals surface area (Å²) < 4.78 is 21.1. The first-order valence-corrected chi connectivity index (χ1v) is 8.93. The lowest BCUT2D eigenvalue weighted by Gasteiger charge is -2.33. The molecule has 1 aliphatic rings. The summed E-state index contributed by atoms with van der Waals surface area (Å²) in [6.07, 6.45) is 4.80. The predicted molar refractivity (Wildman–Crippen MR) is 101 cm³/mol. The highest BCUT2D eigenvalue weighted by atomic mass is 16.6. The van der Waals surface area contributed by atoms with E-state index in [0.29, 0.717) is 46.1 Å². The van der Waals surface area contributed by atoms with Crippen molar-refractivity contribution in [3.8, 4) is 0 Å². The number of piperazine rings is 1. The van der Waals surface area contributed by atoms with Crippen LogP contribution in [0.1, 0.15) is 0 Å². The molecule has 1 fully saturated rings. The maximum absolute atomic E-state index is 12.1. The van der Waals surface area contributed by atoms with Crippen LogP contribution < -0.4 is 0 Å². The second-order valence-corrected chi connectivity index (χ2v) is 5.78. The molecule has 0 atom stereocenters. The quantitative estimate of drug-likeness (QED) is 0.364. The van der Waals surface area contributed by atoms with Crippen LogP contribution in [-0.2, 0) is 18.9 Å². The van der Waals surface area contributed by atoms with Crippen LogP contribution >= 0.6 is 0 Å². The van der Waals surface area contributed by atoms with Crippen molar-refractivity contribution in [1.29, 1.82) is 0 Å². The van der Waals surface area contributed by atoms with E-state index in [4.69, 9.17) is 18.9 Å². The minimum atomic E-state index is -0.286. The summed E-state index contributed by atoms with van der Waals surface area (Å²) in [4.78, 5) is 16.1. The Morgan fingerprint density at radius 3 is 2.27 bits per heavy atom. The molecule has 26 heavy (non-hydrogen) atoms. The standard InChI is InChI=1S/C19H32N2O5/c1-4-6-18(5-2)17-26-19(22)21-9-7-20(8-10-21)11-12-24-15-16-25-14-13-23-3/h4-6H,1-2,7-17H2,3H3/b18-6+. The molecule has 0 unspecified atom stereocenters. The molecule has 0 bridgehead atoms. The number of nitrogens with zero attached hydrogens (tertiary/aromatic N) is 2. The Morgan fingerprint density at radius 1 is 1.00 bits per heavy atom.